The van der Waals surface area contributed by atoms with Crippen LogP contribution in [-0.2, 0) is 21.2 Å². The van der Waals surface area contributed by atoms with Crippen molar-refractivity contribution in [3.63, 3.8) is 0 Å². The maximum absolute atomic E-state index is 12.7. The number of hydrogen-bond donors (Lipinski definition) is 1. The van der Waals surface area contributed by atoms with Crippen LogP contribution >= 0.6 is 0 Å². The van der Waals surface area contributed by atoms with Crippen molar-refractivity contribution in [3.05, 3.63) is 63.7 Å². The maximum Gasteiger partial charge on any atom is 0.264 e. The number of nitrogens with zero attached hydrogens (tertiary/aromatic N) is 4. The average molecular weight is 428 g/mol. The molecule has 0 atom stereocenters. The minimum absolute atomic E-state index is 0.101. The minimum atomic E-state index is -3.97. The number of carbonyl (C=O) groups is 1. The third kappa shape index (κ3) is 4.40. The van der Waals surface area contributed by atoms with E-state index in [9.17, 15) is 13.2 Å². The van der Waals surface area contributed by atoms with Crippen LogP contribution in [0, 0.1) is 41.5 Å². The predicted molar refractivity (Wildman–Crippen MR) is 113 cm³/mol. The van der Waals surface area contributed by atoms with E-state index in [1.165, 1.54) is 0 Å². The standard InChI is InChI=1S/C21H25N5O3S/c1-12-7-8-13(2)19(9-12)30(28,29)25-20(27)11-18-16(5)24-26(17(18)6)21-22-14(3)10-15(4)23-21/h7-10H,11H2,1-6H3,(H,25,27). The molecule has 0 saturated heterocycles. The Kier molecular flexibility index (Phi) is 5.76. The molecular weight excluding hydrogens is 402 g/mol. The van der Waals surface area contributed by atoms with Crippen molar-refractivity contribution in [2.75, 3.05) is 0 Å². The van der Waals surface area contributed by atoms with Gasteiger partial charge in [-0.1, -0.05) is 12.1 Å². The van der Waals surface area contributed by atoms with Crippen molar-refractivity contribution < 1.29 is 13.2 Å². The number of rotatable bonds is 5. The van der Waals surface area contributed by atoms with Crippen LogP contribution in [0.25, 0.3) is 5.95 Å². The molecule has 2 heterocycles. The molecule has 0 aliphatic heterocycles. The summed E-state index contributed by atoms with van der Waals surface area (Å²) in [5, 5.41) is 4.46. The molecule has 1 amide bonds. The Balaban J connectivity index is 1.87. The first-order valence-electron chi connectivity index (χ1n) is 9.48. The Bertz CT molecular complexity index is 1230. The van der Waals surface area contributed by atoms with Crippen LogP contribution in [0.15, 0.2) is 29.2 Å². The normalized spacial score (nSPS) is 11.5. The van der Waals surface area contributed by atoms with Gasteiger partial charge >= 0.3 is 0 Å². The molecule has 0 spiro atoms. The van der Waals surface area contributed by atoms with Gasteiger partial charge in [0.2, 0.25) is 5.91 Å². The van der Waals surface area contributed by atoms with Crippen LogP contribution in [0.4, 0.5) is 0 Å². The van der Waals surface area contributed by atoms with Crippen molar-refractivity contribution in [3.8, 4) is 5.95 Å². The van der Waals surface area contributed by atoms with Crippen LogP contribution in [0.5, 0.6) is 0 Å². The van der Waals surface area contributed by atoms with Gasteiger partial charge in [0, 0.05) is 22.6 Å². The second-order valence-electron chi connectivity index (χ2n) is 7.49. The minimum Gasteiger partial charge on any atom is -0.274 e. The Morgan fingerprint density at radius 1 is 1.00 bits per heavy atom. The molecule has 0 radical (unpaired) electrons. The van der Waals surface area contributed by atoms with Gasteiger partial charge in [0.05, 0.1) is 17.0 Å². The van der Waals surface area contributed by atoms with E-state index >= 15 is 0 Å². The predicted octanol–water partition coefficient (Wildman–Crippen LogP) is 2.56. The van der Waals surface area contributed by atoms with E-state index in [1.54, 1.807) is 37.6 Å². The summed E-state index contributed by atoms with van der Waals surface area (Å²) in [6, 6.07) is 6.96. The first kappa shape index (κ1) is 21.6. The summed E-state index contributed by atoms with van der Waals surface area (Å²) in [6.45, 7) is 10.8. The number of hydrogen-bond acceptors (Lipinski definition) is 6. The number of amides is 1. The van der Waals surface area contributed by atoms with E-state index in [-0.39, 0.29) is 11.3 Å². The van der Waals surface area contributed by atoms with Crippen LogP contribution in [0.3, 0.4) is 0 Å². The highest BCUT2D eigenvalue weighted by Crippen LogP contribution is 2.19. The fourth-order valence-electron chi connectivity index (χ4n) is 3.33. The molecule has 9 heteroatoms. The van der Waals surface area contributed by atoms with E-state index < -0.39 is 15.9 Å². The number of sulfonamides is 1. The fraction of sp³-hybridized carbons (Fsp3) is 0.333. The quantitative estimate of drug-likeness (QED) is 0.671. The van der Waals surface area contributed by atoms with Gasteiger partial charge in [-0.15, -0.1) is 0 Å². The first-order chi connectivity index (χ1) is 14.0. The zero-order chi connectivity index (χ0) is 22.2. The van der Waals surface area contributed by atoms with Crippen molar-refractivity contribution >= 4 is 15.9 Å². The fourth-order valence-corrected chi connectivity index (χ4v) is 4.64. The number of carbonyl (C=O) groups excluding carboxylic acids is 1. The summed E-state index contributed by atoms with van der Waals surface area (Å²) < 4.78 is 29.2. The molecule has 30 heavy (non-hydrogen) atoms. The van der Waals surface area contributed by atoms with Gasteiger partial charge in [-0.3, -0.25) is 4.79 Å². The second kappa shape index (κ2) is 7.98. The molecule has 3 rings (SSSR count). The van der Waals surface area contributed by atoms with Crippen molar-refractivity contribution in [2.45, 2.75) is 52.9 Å². The molecule has 3 aromatic rings. The number of benzene rings is 1. The highest BCUT2D eigenvalue weighted by atomic mass is 32.2. The zero-order valence-electron chi connectivity index (χ0n) is 17.9. The number of aryl methyl sites for hydroxylation is 5. The Morgan fingerprint density at radius 2 is 1.63 bits per heavy atom. The summed E-state index contributed by atoms with van der Waals surface area (Å²) in [5.74, 6) is -0.203. The second-order valence-corrected chi connectivity index (χ2v) is 9.14. The topological polar surface area (TPSA) is 107 Å². The Morgan fingerprint density at radius 3 is 2.27 bits per heavy atom. The molecular formula is C21H25N5O3S. The highest BCUT2D eigenvalue weighted by molar-refractivity contribution is 7.90. The summed E-state index contributed by atoms with van der Waals surface area (Å²) in [6.07, 6.45) is -0.118. The molecule has 158 valence electrons. The monoisotopic (exact) mass is 427 g/mol. The third-order valence-corrected chi connectivity index (χ3v) is 6.34. The van der Waals surface area contributed by atoms with Gasteiger partial charge in [-0.2, -0.15) is 5.10 Å². The average Bonchev–Trinajstić information content (AvgIpc) is 2.90. The third-order valence-electron chi connectivity index (χ3n) is 4.82. The molecule has 0 unspecified atom stereocenters. The Hall–Kier alpha value is -3.07. The van der Waals surface area contributed by atoms with Crippen LogP contribution in [0.1, 0.15) is 39.5 Å². The number of nitrogens with one attached hydrogen (secondary N) is 1. The van der Waals surface area contributed by atoms with E-state index in [0.717, 1.165) is 17.0 Å². The van der Waals surface area contributed by atoms with Gasteiger partial charge in [-0.05, 0) is 64.8 Å². The SMILES string of the molecule is Cc1ccc(C)c(S(=O)(=O)NC(=O)Cc2c(C)nn(-c3nc(C)cc(C)n3)c2C)c1. The van der Waals surface area contributed by atoms with Gasteiger partial charge in [0.1, 0.15) is 0 Å². The lowest BCUT2D eigenvalue weighted by Gasteiger charge is -2.10. The largest absolute Gasteiger partial charge is 0.274 e. The van der Waals surface area contributed by atoms with Crippen molar-refractivity contribution in [1.82, 2.24) is 24.5 Å². The van der Waals surface area contributed by atoms with Crippen LogP contribution in [-0.4, -0.2) is 34.1 Å². The van der Waals surface area contributed by atoms with Crippen molar-refractivity contribution in [2.24, 2.45) is 0 Å². The van der Waals surface area contributed by atoms with Crippen molar-refractivity contribution in [1.29, 1.82) is 0 Å². The van der Waals surface area contributed by atoms with Gasteiger partial charge in [0.25, 0.3) is 16.0 Å². The van der Waals surface area contributed by atoms with E-state index in [0.29, 0.717) is 28.5 Å². The van der Waals surface area contributed by atoms with Gasteiger partial charge in [0.15, 0.2) is 0 Å². The van der Waals surface area contributed by atoms with E-state index in [2.05, 4.69) is 19.8 Å². The molecule has 1 N–H and O–H groups in total. The number of aromatic nitrogens is 4. The van der Waals surface area contributed by atoms with E-state index in [4.69, 9.17) is 0 Å². The smallest absolute Gasteiger partial charge is 0.264 e. The molecule has 0 bridgehead atoms. The first-order valence-corrected chi connectivity index (χ1v) is 11.0. The molecule has 0 aliphatic carbocycles. The van der Waals surface area contributed by atoms with Gasteiger partial charge < -0.3 is 0 Å². The van der Waals surface area contributed by atoms with E-state index in [1.807, 2.05) is 32.9 Å². The molecule has 8 nitrogen and oxygen atoms in total. The summed E-state index contributed by atoms with van der Waals surface area (Å²) in [5.41, 5.74) is 4.95. The molecule has 0 saturated carbocycles. The molecule has 1 aromatic carbocycles. The summed E-state index contributed by atoms with van der Waals surface area (Å²) in [7, 11) is -3.97. The molecule has 0 fully saturated rings. The Labute approximate surface area is 176 Å². The van der Waals surface area contributed by atoms with Gasteiger partial charge in [-0.25, -0.2) is 27.8 Å². The summed E-state index contributed by atoms with van der Waals surface area (Å²) >= 11 is 0. The zero-order valence-corrected chi connectivity index (χ0v) is 18.8. The van der Waals surface area contributed by atoms with Crippen LogP contribution < -0.4 is 4.72 Å². The molecule has 2 aromatic heterocycles. The lowest BCUT2D eigenvalue weighted by Crippen LogP contribution is -2.32. The lowest BCUT2D eigenvalue weighted by atomic mass is 10.1. The van der Waals surface area contributed by atoms with Crippen LogP contribution in [0.2, 0.25) is 0 Å². The summed E-state index contributed by atoms with van der Waals surface area (Å²) in [4.78, 5) is 21.5. The molecule has 0 aliphatic rings. The maximum atomic E-state index is 12.7. The lowest BCUT2D eigenvalue weighted by molar-refractivity contribution is -0.118. The highest BCUT2D eigenvalue weighted by Gasteiger charge is 2.23.